The number of guanidine groups is 1. The second kappa shape index (κ2) is 12.6. The van der Waals surface area contributed by atoms with Crippen molar-refractivity contribution in [1.82, 2.24) is 15.8 Å². The molecule has 0 radical (unpaired) electrons. The van der Waals surface area contributed by atoms with Crippen LogP contribution in [0.25, 0.3) is 0 Å². The van der Waals surface area contributed by atoms with E-state index >= 15 is 0 Å². The molecule has 1 heterocycles. The van der Waals surface area contributed by atoms with Crippen molar-refractivity contribution in [2.24, 2.45) is 4.99 Å². The van der Waals surface area contributed by atoms with E-state index in [0.717, 1.165) is 36.4 Å². The zero-order chi connectivity index (χ0) is 19.6. The molecular formula is C20H30FIN4O2. The van der Waals surface area contributed by atoms with Gasteiger partial charge in [-0.15, -0.1) is 24.0 Å². The Labute approximate surface area is 183 Å². The summed E-state index contributed by atoms with van der Waals surface area (Å²) >= 11 is 0. The normalized spacial score (nSPS) is 12.2. The van der Waals surface area contributed by atoms with Gasteiger partial charge in [-0.2, -0.15) is 0 Å². The van der Waals surface area contributed by atoms with Gasteiger partial charge in [-0.3, -0.25) is 0 Å². The molecule has 1 aromatic carbocycles. The van der Waals surface area contributed by atoms with Crippen molar-refractivity contribution in [3.8, 4) is 5.75 Å². The van der Waals surface area contributed by atoms with E-state index in [1.807, 2.05) is 20.8 Å². The molecule has 2 aromatic rings. The van der Waals surface area contributed by atoms with Crippen LogP contribution in [-0.4, -0.2) is 30.3 Å². The molecule has 1 unspecified atom stereocenters. The minimum Gasteiger partial charge on any atom is -0.489 e. The van der Waals surface area contributed by atoms with Gasteiger partial charge in [0.15, 0.2) is 5.96 Å². The first kappa shape index (κ1) is 24.2. The minimum absolute atomic E-state index is 0. The molecule has 1 atom stereocenters. The third-order valence-electron chi connectivity index (χ3n) is 4.05. The van der Waals surface area contributed by atoms with Crippen molar-refractivity contribution in [2.45, 2.75) is 53.2 Å². The zero-order valence-electron chi connectivity index (χ0n) is 16.9. The number of rotatable bonds is 9. The van der Waals surface area contributed by atoms with Crippen LogP contribution >= 0.6 is 24.0 Å². The number of nitrogens with one attached hydrogen (secondary N) is 2. The molecule has 0 spiro atoms. The van der Waals surface area contributed by atoms with Crippen molar-refractivity contribution in [2.75, 3.05) is 13.1 Å². The van der Waals surface area contributed by atoms with E-state index in [9.17, 15) is 4.39 Å². The van der Waals surface area contributed by atoms with Crippen LogP contribution in [0.5, 0.6) is 5.75 Å². The van der Waals surface area contributed by atoms with Crippen LogP contribution in [0.15, 0.2) is 33.8 Å². The molecule has 0 saturated carbocycles. The average Bonchev–Trinajstić information content (AvgIpc) is 3.07. The van der Waals surface area contributed by atoms with Crippen molar-refractivity contribution < 1.29 is 13.7 Å². The number of hydrogen-bond acceptors (Lipinski definition) is 4. The molecule has 0 fully saturated rings. The van der Waals surface area contributed by atoms with Gasteiger partial charge < -0.3 is 19.9 Å². The second-order valence-electron chi connectivity index (χ2n) is 6.20. The largest absolute Gasteiger partial charge is 0.489 e. The highest BCUT2D eigenvalue weighted by molar-refractivity contribution is 14.0. The lowest BCUT2D eigenvalue weighted by atomic mass is 10.1. The number of aliphatic imine (C=N–C) groups is 1. The van der Waals surface area contributed by atoms with Gasteiger partial charge in [-0.1, -0.05) is 19.0 Å². The second-order valence-corrected chi connectivity index (χ2v) is 6.20. The Bertz CT molecular complexity index is 713. The SMILES string of the molecule is CCNC(=NCc1c(CC)noc1CC)NCC(C)Oc1ccc(F)cc1.I. The van der Waals surface area contributed by atoms with Gasteiger partial charge in [-0.25, -0.2) is 9.38 Å². The first-order valence-corrected chi connectivity index (χ1v) is 9.48. The Morgan fingerprint density at radius 2 is 1.89 bits per heavy atom. The minimum atomic E-state index is -0.277. The molecular weight excluding hydrogens is 474 g/mol. The van der Waals surface area contributed by atoms with Crippen LogP contribution in [0.3, 0.4) is 0 Å². The smallest absolute Gasteiger partial charge is 0.191 e. The van der Waals surface area contributed by atoms with Crippen LogP contribution in [0, 0.1) is 5.82 Å². The van der Waals surface area contributed by atoms with Crippen molar-refractivity contribution in [1.29, 1.82) is 0 Å². The van der Waals surface area contributed by atoms with E-state index in [0.29, 0.717) is 24.8 Å². The van der Waals surface area contributed by atoms with Crippen molar-refractivity contribution in [3.05, 3.63) is 47.1 Å². The topological polar surface area (TPSA) is 71.7 Å². The van der Waals surface area contributed by atoms with E-state index in [1.54, 1.807) is 12.1 Å². The fourth-order valence-corrected chi connectivity index (χ4v) is 2.64. The van der Waals surface area contributed by atoms with Crippen LogP contribution in [0.4, 0.5) is 4.39 Å². The number of halogens is 2. The third kappa shape index (κ3) is 7.29. The summed E-state index contributed by atoms with van der Waals surface area (Å²) in [7, 11) is 0. The van der Waals surface area contributed by atoms with E-state index in [2.05, 4.69) is 27.7 Å². The van der Waals surface area contributed by atoms with Crippen LogP contribution in [0.1, 0.15) is 44.7 Å². The lowest BCUT2D eigenvalue weighted by molar-refractivity contribution is 0.223. The Morgan fingerprint density at radius 3 is 2.50 bits per heavy atom. The summed E-state index contributed by atoms with van der Waals surface area (Å²) in [4.78, 5) is 4.65. The average molecular weight is 504 g/mol. The quantitative estimate of drug-likeness (QED) is 0.306. The summed E-state index contributed by atoms with van der Waals surface area (Å²) in [5.41, 5.74) is 2.02. The van der Waals surface area contributed by atoms with Gasteiger partial charge in [0.1, 0.15) is 23.4 Å². The van der Waals surface area contributed by atoms with Gasteiger partial charge in [-0.05, 0) is 44.5 Å². The Morgan fingerprint density at radius 1 is 1.18 bits per heavy atom. The molecule has 1 aromatic heterocycles. The van der Waals surface area contributed by atoms with E-state index in [1.165, 1.54) is 12.1 Å². The fourth-order valence-electron chi connectivity index (χ4n) is 2.64. The zero-order valence-corrected chi connectivity index (χ0v) is 19.2. The lowest BCUT2D eigenvalue weighted by Gasteiger charge is -2.17. The molecule has 0 amide bonds. The Balaban J connectivity index is 0.00000392. The number of aryl methyl sites for hydroxylation is 2. The maximum atomic E-state index is 13.0. The third-order valence-corrected chi connectivity index (χ3v) is 4.05. The molecule has 2 rings (SSSR count). The Kier molecular flexibility index (Phi) is 10.9. The molecule has 8 heteroatoms. The molecule has 0 aliphatic rings. The summed E-state index contributed by atoms with van der Waals surface area (Å²) in [5, 5.41) is 10.6. The summed E-state index contributed by atoms with van der Waals surface area (Å²) in [6, 6.07) is 6.01. The van der Waals surface area contributed by atoms with Crippen LogP contribution in [-0.2, 0) is 19.4 Å². The number of benzene rings is 1. The van der Waals surface area contributed by atoms with Gasteiger partial charge in [0, 0.05) is 18.5 Å². The standard InChI is InChI=1S/C20H29FN4O2.HI/c1-5-18-17(19(6-2)27-25-18)13-24-20(22-7-3)23-12-14(4)26-16-10-8-15(21)9-11-16;/h8-11,14H,5-7,12-13H2,1-4H3,(H2,22,23,24);1H. The monoisotopic (exact) mass is 504 g/mol. The molecule has 2 N–H and O–H groups in total. The maximum Gasteiger partial charge on any atom is 0.191 e. The van der Waals surface area contributed by atoms with E-state index in [4.69, 9.17) is 9.26 Å². The highest BCUT2D eigenvalue weighted by atomic mass is 127. The van der Waals surface area contributed by atoms with Gasteiger partial charge >= 0.3 is 0 Å². The van der Waals surface area contributed by atoms with Gasteiger partial charge in [0.2, 0.25) is 0 Å². The molecule has 0 aliphatic carbocycles. The highest BCUT2D eigenvalue weighted by Crippen LogP contribution is 2.17. The molecule has 156 valence electrons. The molecule has 0 aliphatic heterocycles. The molecule has 6 nitrogen and oxygen atoms in total. The number of nitrogens with zero attached hydrogens (tertiary/aromatic N) is 2. The predicted molar refractivity (Wildman–Crippen MR) is 120 cm³/mol. The first-order valence-electron chi connectivity index (χ1n) is 9.48. The van der Waals surface area contributed by atoms with Crippen molar-refractivity contribution >= 4 is 29.9 Å². The number of ether oxygens (including phenoxy) is 1. The summed E-state index contributed by atoms with van der Waals surface area (Å²) in [6.45, 7) is 9.90. The lowest BCUT2D eigenvalue weighted by Crippen LogP contribution is -2.41. The Hall–Kier alpha value is -1.84. The van der Waals surface area contributed by atoms with Crippen LogP contribution in [0.2, 0.25) is 0 Å². The molecule has 0 bridgehead atoms. The molecule has 28 heavy (non-hydrogen) atoms. The number of aromatic nitrogens is 1. The van der Waals surface area contributed by atoms with Crippen LogP contribution < -0.4 is 15.4 Å². The summed E-state index contributed by atoms with van der Waals surface area (Å²) < 4.78 is 24.1. The predicted octanol–water partition coefficient (Wildman–Crippen LogP) is 4.08. The summed E-state index contributed by atoms with van der Waals surface area (Å²) in [5.74, 6) is 1.95. The van der Waals surface area contributed by atoms with E-state index < -0.39 is 0 Å². The van der Waals surface area contributed by atoms with E-state index in [-0.39, 0.29) is 35.9 Å². The fraction of sp³-hybridized carbons (Fsp3) is 0.500. The van der Waals surface area contributed by atoms with Gasteiger partial charge in [0.05, 0.1) is 18.8 Å². The number of hydrogen-bond donors (Lipinski definition) is 2. The van der Waals surface area contributed by atoms with Crippen molar-refractivity contribution in [3.63, 3.8) is 0 Å². The summed E-state index contributed by atoms with van der Waals surface area (Å²) in [6.07, 6.45) is 1.51. The maximum absolute atomic E-state index is 13.0. The first-order chi connectivity index (χ1) is 13.1. The van der Waals surface area contributed by atoms with Gasteiger partial charge in [0.25, 0.3) is 0 Å². The highest BCUT2D eigenvalue weighted by Gasteiger charge is 2.13. The molecule has 0 saturated heterocycles.